The molecule has 0 saturated carbocycles. The first kappa shape index (κ1) is 18.2. The fraction of sp³-hybridized carbons (Fsp3) is 0.429. The van der Waals surface area contributed by atoms with Crippen molar-refractivity contribution in [3.05, 3.63) is 54.1 Å². The molecule has 0 unspecified atom stereocenters. The SMILES string of the molecule is CCOc1ccc(NCCOc2ccc(C(C)(C)CC)cc2)cc1. The third-order valence-corrected chi connectivity index (χ3v) is 4.38. The lowest BCUT2D eigenvalue weighted by Crippen LogP contribution is -2.15. The molecule has 0 aliphatic heterocycles. The molecule has 0 amide bonds. The normalized spacial score (nSPS) is 11.2. The van der Waals surface area contributed by atoms with E-state index in [-0.39, 0.29) is 5.41 Å². The summed E-state index contributed by atoms with van der Waals surface area (Å²) in [6, 6.07) is 16.4. The predicted octanol–water partition coefficient (Wildman–Crippen LogP) is 5.26. The first-order valence-corrected chi connectivity index (χ1v) is 8.75. The summed E-state index contributed by atoms with van der Waals surface area (Å²) in [7, 11) is 0. The average Bonchev–Trinajstić information content (AvgIpc) is 2.61. The van der Waals surface area contributed by atoms with Crippen molar-refractivity contribution >= 4 is 5.69 Å². The highest BCUT2D eigenvalue weighted by molar-refractivity contribution is 5.46. The highest BCUT2D eigenvalue weighted by atomic mass is 16.5. The Morgan fingerprint density at radius 3 is 2.00 bits per heavy atom. The Balaban J connectivity index is 1.76. The summed E-state index contributed by atoms with van der Waals surface area (Å²) in [6.07, 6.45) is 1.12. The third-order valence-electron chi connectivity index (χ3n) is 4.38. The topological polar surface area (TPSA) is 30.5 Å². The summed E-state index contributed by atoms with van der Waals surface area (Å²) < 4.78 is 11.2. The van der Waals surface area contributed by atoms with E-state index in [4.69, 9.17) is 9.47 Å². The maximum Gasteiger partial charge on any atom is 0.119 e. The van der Waals surface area contributed by atoms with Crippen molar-refractivity contribution in [2.75, 3.05) is 25.1 Å². The monoisotopic (exact) mass is 327 g/mol. The van der Waals surface area contributed by atoms with Gasteiger partial charge in [-0.15, -0.1) is 0 Å². The van der Waals surface area contributed by atoms with Crippen LogP contribution in [0.1, 0.15) is 39.7 Å². The van der Waals surface area contributed by atoms with E-state index in [2.05, 4.69) is 50.4 Å². The molecule has 0 radical (unpaired) electrons. The van der Waals surface area contributed by atoms with E-state index >= 15 is 0 Å². The standard InChI is InChI=1S/C21H29NO2/c1-5-21(3,4)17-7-11-20(12-8-17)24-16-15-22-18-9-13-19(14-10-18)23-6-2/h7-14,22H,5-6,15-16H2,1-4H3. The number of hydrogen-bond donors (Lipinski definition) is 1. The average molecular weight is 327 g/mol. The number of ether oxygens (including phenoxy) is 2. The molecule has 130 valence electrons. The molecule has 1 N–H and O–H groups in total. The number of nitrogens with one attached hydrogen (secondary N) is 1. The van der Waals surface area contributed by atoms with Crippen LogP contribution < -0.4 is 14.8 Å². The van der Waals surface area contributed by atoms with Crippen molar-refractivity contribution in [3.63, 3.8) is 0 Å². The van der Waals surface area contributed by atoms with Gasteiger partial charge in [-0.05, 0) is 60.7 Å². The highest BCUT2D eigenvalue weighted by Crippen LogP contribution is 2.28. The lowest BCUT2D eigenvalue weighted by molar-refractivity contribution is 0.332. The van der Waals surface area contributed by atoms with Gasteiger partial charge in [0.15, 0.2) is 0 Å². The number of rotatable bonds is 9. The van der Waals surface area contributed by atoms with Crippen molar-refractivity contribution in [3.8, 4) is 11.5 Å². The molecule has 0 fully saturated rings. The lowest BCUT2D eigenvalue weighted by atomic mass is 9.82. The van der Waals surface area contributed by atoms with Crippen LogP contribution in [0.25, 0.3) is 0 Å². The first-order valence-electron chi connectivity index (χ1n) is 8.75. The summed E-state index contributed by atoms with van der Waals surface area (Å²) in [5.41, 5.74) is 2.64. The Kier molecular flexibility index (Phi) is 6.53. The van der Waals surface area contributed by atoms with Crippen LogP contribution in [0.15, 0.2) is 48.5 Å². The molecule has 3 nitrogen and oxygen atoms in total. The van der Waals surface area contributed by atoms with E-state index in [1.165, 1.54) is 5.56 Å². The molecular formula is C21H29NO2. The molecule has 0 aromatic heterocycles. The summed E-state index contributed by atoms with van der Waals surface area (Å²) in [4.78, 5) is 0. The van der Waals surface area contributed by atoms with Crippen LogP contribution in [-0.2, 0) is 5.41 Å². The minimum Gasteiger partial charge on any atom is -0.494 e. The first-order chi connectivity index (χ1) is 11.5. The molecule has 0 spiro atoms. The Hall–Kier alpha value is -2.16. The molecule has 2 aromatic carbocycles. The van der Waals surface area contributed by atoms with Crippen LogP contribution in [0.5, 0.6) is 11.5 Å². The molecule has 2 aromatic rings. The summed E-state index contributed by atoms with van der Waals surface area (Å²) in [5.74, 6) is 1.81. The molecule has 0 atom stereocenters. The Bertz CT molecular complexity index is 603. The van der Waals surface area contributed by atoms with E-state index in [9.17, 15) is 0 Å². The lowest BCUT2D eigenvalue weighted by Gasteiger charge is -2.23. The summed E-state index contributed by atoms with van der Waals surface area (Å²) >= 11 is 0. The Labute approximate surface area is 146 Å². The van der Waals surface area contributed by atoms with Crippen LogP contribution in [0.3, 0.4) is 0 Å². The minimum atomic E-state index is 0.216. The maximum atomic E-state index is 5.80. The second-order valence-electron chi connectivity index (χ2n) is 6.49. The zero-order valence-electron chi connectivity index (χ0n) is 15.3. The second kappa shape index (κ2) is 8.62. The summed E-state index contributed by atoms with van der Waals surface area (Å²) in [5, 5.41) is 3.35. The Morgan fingerprint density at radius 2 is 1.42 bits per heavy atom. The number of hydrogen-bond acceptors (Lipinski definition) is 3. The van der Waals surface area contributed by atoms with Gasteiger partial charge in [0.25, 0.3) is 0 Å². The molecule has 3 heteroatoms. The molecular weight excluding hydrogens is 298 g/mol. The summed E-state index contributed by atoms with van der Waals surface area (Å²) in [6.45, 7) is 10.8. The van der Waals surface area contributed by atoms with Gasteiger partial charge in [-0.1, -0.05) is 32.9 Å². The van der Waals surface area contributed by atoms with Crippen molar-refractivity contribution in [2.24, 2.45) is 0 Å². The number of anilines is 1. The molecule has 0 saturated heterocycles. The second-order valence-corrected chi connectivity index (χ2v) is 6.49. The van der Waals surface area contributed by atoms with Gasteiger partial charge in [-0.25, -0.2) is 0 Å². The van der Waals surface area contributed by atoms with E-state index in [0.29, 0.717) is 13.2 Å². The third kappa shape index (κ3) is 5.19. The quantitative estimate of drug-likeness (QED) is 0.637. The Morgan fingerprint density at radius 1 is 0.833 bits per heavy atom. The van der Waals surface area contributed by atoms with Gasteiger partial charge in [0.05, 0.1) is 6.61 Å². The van der Waals surface area contributed by atoms with E-state index < -0.39 is 0 Å². The van der Waals surface area contributed by atoms with Gasteiger partial charge in [0.2, 0.25) is 0 Å². The molecule has 0 aliphatic rings. The maximum absolute atomic E-state index is 5.80. The van der Waals surface area contributed by atoms with Crippen LogP contribution in [0.4, 0.5) is 5.69 Å². The largest absolute Gasteiger partial charge is 0.494 e. The van der Waals surface area contributed by atoms with Gasteiger partial charge in [0, 0.05) is 12.2 Å². The van der Waals surface area contributed by atoms with E-state index in [1.807, 2.05) is 31.2 Å². The zero-order valence-corrected chi connectivity index (χ0v) is 15.3. The van der Waals surface area contributed by atoms with Crippen molar-refractivity contribution in [1.82, 2.24) is 0 Å². The predicted molar refractivity (Wildman–Crippen MR) is 101 cm³/mol. The fourth-order valence-electron chi connectivity index (χ4n) is 2.41. The molecule has 2 rings (SSSR count). The van der Waals surface area contributed by atoms with Gasteiger partial charge in [0.1, 0.15) is 18.1 Å². The van der Waals surface area contributed by atoms with E-state index in [0.717, 1.165) is 30.2 Å². The van der Waals surface area contributed by atoms with E-state index in [1.54, 1.807) is 0 Å². The van der Waals surface area contributed by atoms with Crippen molar-refractivity contribution in [1.29, 1.82) is 0 Å². The van der Waals surface area contributed by atoms with Gasteiger partial charge in [-0.3, -0.25) is 0 Å². The van der Waals surface area contributed by atoms with Crippen LogP contribution in [0.2, 0.25) is 0 Å². The molecule has 0 aliphatic carbocycles. The zero-order chi connectivity index (χ0) is 17.4. The van der Waals surface area contributed by atoms with Gasteiger partial charge in [-0.2, -0.15) is 0 Å². The van der Waals surface area contributed by atoms with Crippen LogP contribution in [-0.4, -0.2) is 19.8 Å². The van der Waals surface area contributed by atoms with Crippen LogP contribution in [0, 0.1) is 0 Å². The highest BCUT2D eigenvalue weighted by Gasteiger charge is 2.17. The van der Waals surface area contributed by atoms with Crippen molar-refractivity contribution in [2.45, 2.75) is 39.5 Å². The molecule has 0 bridgehead atoms. The molecule has 24 heavy (non-hydrogen) atoms. The van der Waals surface area contributed by atoms with Gasteiger partial charge < -0.3 is 14.8 Å². The fourth-order valence-corrected chi connectivity index (χ4v) is 2.41. The minimum absolute atomic E-state index is 0.216. The van der Waals surface area contributed by atoms with Crippen LogP contribution >= 0.6 is 0 Å². The number of benzene rings is 2. The smallest absolute Gasteiger partial charge is 0.119 e. The van der Waals surface area contributed by atoms with Gasteiger partial charge >= 0.3 is 0 Å². The molecule has 0 heterocycles. The van der Waals surface area contributed by atoms with Crippen molar-refractivity contribution < 1.29 is 9.47 Å².